The van der Waals surface area contributed by atoms with Crippen LogP contribution in [0.15, 0.2) is 73.2 Å². The van der Waals surface area contributed by atoms with Crippen LogP contribution in [0.1, 0.15) is 12.5 Å². The van der Waals surface area contributed by atoms with Crippen molar-refractivity contribution in [3.05, 3.63) is 84.6 Å². The Bertz CT molecular complexity index is 1820. The molecule has 0 spiro atoms. The zero-order valence-electron chi connectivity index (χ0n) is 23.4. The van der Waals surface area contributed by atoms with Crippen molar-refractivity contribution in [2.45, 2.75) is 13.5 Å². The number of aromatic amines is 2. The van der Waals surface area contributed by atoms with Gasteiger partial charge >= 0.3 is 0 Å². The first-order valence-electron chi connectivity index (χ1n) is 13.8. The molecular formula is C32H33FN8. The van der Waals surface area contributed by atoms with Gasteiger partial charge in [0.2, 0.25) is 0 Å². The van der Waals surface area contributed by atoms with Crippen LogP contribution in [0.2, 0.25) is 0 Å². The first kappa shape index (κ1) is 26.6. The molecule has 0 amide bonds. The van der Waals surface area contributed by atoms with E-state index in [0.717, 1.165) is 93.0 Å². The summed E-state index contributed by atoms with van der Waals surface area (Å²) in [7, 11) is 4.04. The van der Waals surface area contributed by atoms with Gasteiger partial charge in [0, 0.05) is 59.6 Å². The molecule has 0 atom stereocenters. The highest BCUT2D eigenvalue weighted by molar-refractivity contribution is 6.01. The molecule has 0 unspecified atom stereocenters. The van der Waals surface area contributed by atoms with Crippen molar-refractivity contribution in [3.63, 3.8) is 0 Å². The molecule has 0 aliphatic rings. The average molecular weight is 549 g/mol. The van der Waals surface area contributed by atoms with Gasteiger partial charge in [0.25, 0.3) is 0 Å². The fourth-order valence-corrected chi connectivity index (χ4v) is 5.08. The lowest BCUT2D eigenvalue weighted by atomic mass is 10.0. The Morgan fingerprint density at radius 1 is 0.927 bits per heavy atom. The third-order valence-electron chi connectivity index (χ3n) is 7.13. The normalized spacial score (nSPS) is 11.6. The lowest BCUT2D eigenvalue weighted by Crippen LogP contribution is -2.20. The molecule has 4 heterocycles. The van der Waals surface area contributed by atoms with Crippen LogP contribution in [0.25, 0.3) is 55.6 Å². The minimum absolute atomic E-state index is 0.273. The molecule has 6 aromatic rings. The van der Waals surface area contributed by atoms with E-state index in [4.69, 9.17) is 0 Å². The highest BCUT2D eigenvalue weighted by atomic mass is 19.1. The van der Waals surface area contributed by atoms with Crippen LogP contribution in [0.3, 0.4) is 0 Å². The summed E-state index contributed by atoms with van der Waals surface area (Å²) >= 11 is 0. The summed E-state index contributed by atoms with van der Waals surface area (Å²) in [6.45, 7) is 5.32. The van der Waals surface area contributed by atoms with Crippen LogP contribution in [0.5, 0.6) is 0 Å². The van der Waals surface area contributed by atoms with Crippen molar-refractivity contribution in [2.24, 2.45) is 0 Å². The van der Waals surface area contributed by atoms with Crippen LogP contribution >= 0.6 is 0 Å². The van der Waals surface area contributed by atoms with Gasteiger partial charge in [-0.05, 0) is 79.8 Å². The highest BCUT2D eigenvalue weighted by Gasteiger charge is 2.16. The van der Waals surface area contributed by atoms with Crippen LogP contribution in [0.4, 0.5) is 10.1 Å². The minimum Gasteiger partial charge on any atom is -0.384 e. The molecule has 0 saturated heterocycles. The Morgan fingerprint density at radius 3 is 2.68 bits per heavy atom. The van der Waals surface area contributed by atoms with Crippen molar-refractivity contribution in [1.29, 1.82) is 0 Å². The van der Waals surface area contributed by atoms with E-state index in [0.29, 0.717) is 0 Å². The lowest BCUT2D eigenvalue weighted by molar-refractivity contribution is 0.425. The fourth-order valence-electron chi connectivity index (χ4n) is 5.08. The van der Waals surface area contributed by atoms with Crippen molar-refractivity contribution in [2.75, 3.05) is 39.0 Å². The molecule has 4 aromatic heterocycles. The molecule has 0 aliphatic heterocycles. The number of hydrogen-bond donors (Lipinski definition) is 4. The maximum atomic E-state index is 14.7. The number of rotatable bonds is 10. The van der Waals surface area contributed by atoms with Crippen LogP contribution in [0, 0.1) is 5.82 Å². The first-order valence-corrected chi connectivity index (χ1v) is 13.8. The average Bonchev–Trinajstić information content (AvgIpc) is 3.59. The largest absolute Gasteiger partial charge is 0.384 e. The third kappa shape index (κ3) is 5.68. The van der Waals surface area contributed by atoms with Gasteiger partial charge in [-0.2, -0.15) is 5.10 Å². The van der Waals surface area contributed by atoms with Crippen LogP contribution in [-0.2, 0) is 6.54 Å². The van der Waals surface area contributed by atoms with Crippen molar-refractivity contribution in [1.82, 2.24) is 35.4 Å². The molecule has 0 bridgehead atoms. The molecule has 4 N–H and O–H groups in total. The smallest absolute Gasteiger partial charge is 0.125 e. The SMILES string of the molecule is CCNCc1cncc(-c2cc3c(-c4cc5c(-c6cc(F)cc(NCCN(C)C)c6)cccc5[nH]4)n[nH]c3cn2)c1. The van der Waals surface area contributed by atoms with Gasteiger partial charge in [-0.1, -0.05) is 19.1 Å². The second kappa shape index (κ2) is 11.5. The number of anilines is 1. The van der Waals surface area contributed by atoms with Gasteiger partial charge in [-0.15, -0.1) is 0 Å². The fraction of sp³-hybridized carbons (Fsp3) is 0.219. The highest BCUT2D eigenvalue weighted by Crippen LogP contribution is 2.36. The number of nitrogens with zero attached hydrogens (tertiary/aromatic N) is 4. The van der Waals surface area contributed by atoms with Crippen LogP contribution < -0.4 is 10.6 Å². The lowest BCUT2D eigenvalue weighted by Gasteiger charge is -2.13. The topological polar surface area (TPSA) is 97.5 Å². The monoisotopic (exact) mass is 548 g/mol. The molecule has 0 fully saturated rings. The molecule has 2 aromatic carbocycles. The summed E-state index contributed by atoms with van der Waals surface area (Å²) in [5.74, 6) is -0.273. The van der Waals surface area contributed by atoms with Gasteiger partial charge in [-0.25, -0.2) is 4.39 Å². The predicted octanol–water partition coefficient (Wildman–Crippen LogP) is 6.06. The summed E-state index contributed by atoms with van der Waals surface area (Å²) in [5.41, 5.74) is 8.89. The summed E-state index contributed by atoms with van der Waals surface area (Å²) in [6.07, 6.45) is 5.52. The molecule has 41 heavy (non-hydrogen) atoms. The first-order chi connectivity index (χ1) is 20.0. The number of nitrogens with one attached hydrogen (secondary N) is 4. The second-order valence-electron chi connectivity index (χ2n) is 10.5. The van der Waals surface area contributed by atoms with Crippen molar-refractivity contribution >= 4 is 27.5 Å². The van der Waals surface area contributed by atoms with E-state index in [9.17, 15) is 4.39 Å². The maximum Gasteiger partial charge on any atom is 0.125 e. The zero-order valence-corrected chi connectivity index (χ0v) is 23.4. The van der Waals surface area contributed by atoms with E-state index >= 15 is 0 Å². The Labute approximate surface area is 238 Å². The molecule has 208 valence electrons. The summed E-state index contributed by atoms with van der Waals surface area (Å²) in [5, 5.41) is 16.4. The summed E-state index contributed by atoms with van der Waals surface area (Å²) in [4.78, 5) is 14.7. The summed E-state index contributed by atoms with van der Waals surface area (Å²) in [6, 6.07) is 17.4. The molecular weight excluding hydrogens is 515 g/mol. The quantitative estimate of drug-likeness (QED) is 0.166. The molecule has 0 aliphatic carbocycles. The molecule has 6 rings (SSSR count). The number of aromatic nitrogens is 5. The Balaban J connectivity index is 1.37. The molecule has 8 nitrogen and oxygen atoms in total. The Kier molecular flexibility index (Phi) is 7.45. The van der Waals surface area contributed by atoms with E-state index in [1.165, 1.54) is 6.07 Å². The molecule has 9 heteroatoms. The van der Waals surface area contributed by atoms with E-state index in [1.54, 1.807) is 6.07 Å². The van der Waals surface area contributed by atoms with Gasteiger partial charge in [0.15, 0.2) is 0 Å². The van der Waals surface area contributed by atoms with Gasteiger partial charge < -0.3 is 20.5 Å². The Hall–Kier alpha value is -4.60. The van der Waals surface area contributed by atoms with Gasteiger partial charge in [0.05, 0.1) is 23.1 Å². The standard InChI is InChI=1S/C32H33FN8/c1-4-34-16-20-10-22(18-35-17-20)29-15-27-31(19-37-29)39-40-32(27)30-14-26-25(6-5-7-28(26)38-30)21-11-23(33)13-24(12-21)36-8-9-41(2)3/h5-7,10-15,17-19,34,36,38H,4,8-9,16H2,1-3H3,(H,39,40). The number of likely N-dealkylation sites (N-methyl/N-ethyl adjacent to an activating group) is 1. The van der Waals surface area contributed by atoms with Crippen molar-refractivity contribution < 1.29 is 4.39 Å². The number of hydrogen-bond acceptors (Lipinski definition) is 6. The molecule has 0 saturated carbocycles. The van der Waals surface area contributed by atoms with E-state index in [1.807, 2.05) is 63.0 Å². The van der Waals surface area contributed by atoms with E-state index < -0.39 is 0 Å². The number of fused-ring (bicyclic) bond motifs is 2. The minimum atomic E-state index is -0.273. The predicted molar refractivity (Wildman–Crippen MR) is 164 cm³/mol. The van der Waals surface area contributed by atoms with E-state index in [2.05, 4.69) is 59.7 Å². The third-order valence-corrected chi connectivity index (χ3v) is 7.13. The van der Waals surface area contributed by atoms with Gasteiger partial charge in [-0.3, -0.25) is 15.1 Å². The number of halogens is 1. The maximum absolute atomic E-state index is 14.7. The Morgan fingerprint density at radius 2 is 1.83 bits per heavy atom. The van der Waals surface area contributed by atoms with Crippen molar-refractivity contribution in [3.8, 4) is 33.8 Å². The second-order valence-corrected chi connectivity index (χ2v) is 10.5. The number of H-pyrrole nitrogens is 2. The number of benzene rings is 2. The van der Waals surface area contributed by atoms with Crippen LogP contribution in [-0.4, -0.2) is 63.8 Å². The zero-order chi connectivity index (χ0) is 28.3. The summed E-state index contributed by atoms with van der Waals surface area (Å²) < 4.78 is 14.7. The molecule has 0 radical (unpaired) electrons. The van der Waals surface area contributed by atoms with Gasteiger partial charge in [0.1, 0.15) is 11.5 Å². The van der Waals surface area contributed by atoms with E-state index in [-0.39, 0.29) is 5.82 Å². The number of pyridine rings is 2.